The zero-order valence-electron chi connectivity index (χ0n) is 8.40. The molecule has 0 saturated carbocycles. The number of hydrogen-bond donors (Lipinski definition) is 0. The Morgan fingerprint density at radius 1 is 1.47 bits per heavy atom. The summed E-state index contributed by atoms with van der Waals surface area (Å²) in [5, 5.41) is 0. The lowest BCUT2D eigenvalue weighted by molar-refractivity contribution is -0.107. The largest absolute Gasteiger partial charge is 0.419 e. The van der Waals surface area contributed by atoms with Crippen molar-refractivity contribution in [1.82, 2.24) is 4.57 Å². The molecule has 0 aliphatic carbocycles. The fraction of sp³-hybridized carbons (Fsp3) is 0.273. The van der Waals surface area contributed by atoms with Gasteiger partial charge in [0.15, 0.2) is 5.58 Å². The minimum absolute atomic E-state index is 0.363. The Kier molecular flexibility index (Phi) is 2.41. The standard InChI is InChI=1S/C11H11NO3/c1-12-9-5-4-8(3-2-6-13)7-10(9)15-11(12)14/h4-7H,2-3H2,1H3. The number of rotatable bonds is 3. The Balaban J connectivity index is 2.47. The van der Waals surface area contributed by atoms with E-state index in [0.717, 1.165) is 17.4 Å². The second-order valence-electron chi connectivity index (χ2n) is 3.43. The van der Waals surface area contributed by atoms with E-state index < -0.39 is 0 Å². The second kappa shape index (κ2) is 3.73. The lowest BCUT2D eigenvalue weighted by Crippen LogP contribution is -2.08. The molecule has 0 atom stereocenters. The van der Waals surface area contributed by atoms with Crippen LogP contribution in [0.25, 0.3) is 11.1 Å². The van der Waals surface area contributed by atoms with Gasteiger partial charge in [-0.05, 0) is 24.1 Å². The Morgan fingerprint density at radius 3 is 3.00 bits per heavy atom. The summed E-state index contributed by atoms with van der Waals surface area (Å²) < 4.78 is 6.50. The molecule has 2 rings (SSSR count). The van der Waals surface area contributed by atoms with E-state index in [4.69, 9.17) is 4.42 Å². The third kappa shape index (κ3) is 1.70. The number of aldehydes is 1. The van der Waals surface area contributed by atoms with Gasteiger partial charge in [-0.3, -0.25) is 4.57 Å². The van der Waals surface area contributed by atoms with Gasteiger partial charge in [-0.25, -0.2) is 4.79 Å². The molecule has 0 unspecified atom stereocenters. The van der Waals surface area contributed by atoms with Gasteiger partial charge >= 0.3 is 5.76 Å². The number of aromatic nitrogens is 1. The fourth-order valence-electron chi connectivity index (χ4n) is 1.56. The Hall–Kier alpha value is -1.84. The van der Waals surface area contributed by atoms with Crippen molar-refractivity contribution in [2.24, 2.45) is 7.05 Å². The van der Waals surface area contributed by atoms with E-state index in [0.29, 0.717) is 18.4 Å². The second-order valence-corrected chi connectivity index (χ2v) is 3.43. The number of oxazole rings is 1. The van der Waals surface area contributed by atoms with Gasteiger partial charge in [0.25, 0.3) is 0 Å². The highest BCUT2D eigenvalue weighted by Gasteiger charge is 2.05. The minimum atomic E-state index is -0.363. The molecule has 0 saturated heterocycles. The molecule has 0 N–H and O–H groups in total. The van der Waals surface area contributed by atoms with Crippen LogP contribution in [0.4, 0.5) is 0 Å². The van der Waals surface area contributed by atoms with E-state index in [1.165, 1.54) is 4.57 Å². The molecule has 2 aromatic rings. The van der Waals surface area contributed by atoms with Crippen molar-refractivity contribution in [2.45, 2.75) is 12.8 Å². The van der Waals surface area contributed by atoms with E-state index >= 15 is 0 Å². The Labute approximate surface area is 86.1 Å². The Morgan fingerprint density at radius 2 is 2.27 bits per heavy atom. The number of carbonyl (C=O) groups is 1. The molecule has 4 nitrogen and oxygen atoms in total. The van der Waals surface area contributed by atoms with Gasteiger partial charge in [-0.2, -0.15) is 0 Å². The molecule has 15 heavy (non-hydrogen) atoms. The lowest BCUT2D eigenvalue weighted by atomic mass is 10.1. The van der Waals surface area contributed by atoms with Crippen molar-refractivity contribution in [3.8, 4) is 0 Å². The highest BCUT2D eigenvalue weighted by molar-refractivity contribution is 5.73. The molecule has 1 aromatic heterocycles. The van der Waals surface area contributed by atoms with Crippen molar-refractivity contribution in [2.75, 3.05) is 0 Å². The quantitative estimate of drug-likeness (QED) is 0.709. The summed E-state index contributed by atoms with van der Waals surface area (Å²) in [6.07, 6.45) is 2.05. The average Bonchev–Trinajstić information content (AvgIpc) is 2.52. The summed E-state index contributed by atoms with van der Waals surface area (Å²) in [4.78, 5) is 21.4. The van der Waals surface area contributed by atoms with Crippen LogP contribution in [0.15, 0.2) is 27.4 Å². The first-order valence-electron chi connectivity index (χ1n) is 4.74. The third-order valence-electron chi connectivity index (χ3n) is 2.41. The van der Waals surface area contributed by atoms with Crippen molar-refractivity contribution < 1.29 is 9.21 Å². The Bertz CT molecular complexity index is 550. The predicted octanol–water partition coefficient (Wildman–Crippen LogP) is 1.26. The molecule has 0 fully saturated rings. The molecule has 78 valence electrons. The van der Waals surface area contributed by atoms with Crippen LogP contribution >= 0.6 is 0 Å². The van der Waals surface area contributed by atoms with E-state index in [1.807, 2.05) is 12.1 Å². The zero-order valence-corrected chi connectivity index (χ0v) is 8.40. The van der Waals surface area contributed by atoms with Crippen LogP contribution in [-0.4, -0.2) is 10.9 Å². The highest BCUT2D eigenvalue weighted by Crippen LogP contribution is 2.14. The first kappa shape index (κ1) is 9.71. The normalized spacial score (nSPS) is 10.7. The smallest absolute Gasteiger partial charge is 0.408 e. The summed E-state index contributed by atoms with van der Waals surface area (Å²) in [6, 6.07) is 5.54. The monoisotopic (exact) mass is 205 g/mol. The number of hydrogen-bond acceptors (Lipinski definition) is 3. The molecule has 0 bridgehead atoms. The molecule has 4 heteroatoms. The van der Waals surface area contributed by atoms with Gasteiger partial charge in [0.2, 0.25) is 0 Å². The maximum atomic E-state index is 11.2. The van der Waals surface area contributed by atoms with Crippen LogP contribution in [0, 0.1) is 0 Å². The summed E-state index contributed by atoms with van der Waals surface area (Å²) in [7, 11) is 1.67. The summed E-state index contributed by atoms with van der Waals surface area (Å²) in [5.41, 5.74) is 2.35. The highest BCUT2D eigenvalue weighted by atomic mass is 16.4. The van der Waals surface area contributed by atoms with Gasteiger partial charge in [-0.1, -0.05) is 6.07 Å². The van der Waals surface area contributed by atoms with Crippen LogP contribution in [0.2, 0.25) is 0 Å². The summed E-state index contributed by atoms with van der Waals surface area (Å²) in [6.45, 7) is 0. The molecule has 0 aliphatic heterocycles. The van der Waals surface area contributed by atoms with E-state index in [1.54, 1.807) is 13.1 Å². The van der Waals surface area contributed by atoms with Gasteiger partial charge in [-0.15, -0.1) is 0 Å². The molecule has 0 spiro atoms. The van der Waals surface area contributed by atoms with Gasteiger partial charge in [0.1, 0.15) is 6.29 Å². The molecular formula is C11H11NO3. The van der Waals surface area contributed by atoms with Gasteiger partial charge in [0.05, 0.1) is 5.52 Å². The first-order chi connectivity index (χ1) is 7.22. The number of nitrogens with zero attached hydrogens (tertiary/aromatic N) is 1. The molecule has 0 aliphatic rings. The van der Waals surface area contributed by atoms with Crippen LogP contribution in [0.3, 0.4) is 0 Å². The molecule has 1 aromatic carbocycles. The number of carbonyl (C=O) groups excluding carboxylic acids is 1. The topological polar surface area (TPSA) is 52.2 Å². The maximum Gasteiger partial charge on any atom is 0.419 e. The number of fused-ring (bicyclic) bond motifs is 1. The number of aryl methyl sites for hydroxylation is 2. The SMILES string of the molecule is Cn1c(=O)oc2cc(CCC=O)ccc21. The summed E-state index contributed by atoms with van der Waals surface area (Å²) >= 11 is 0. The lowest BCUT2D eigenvalue weighted by Gasteiger charge is -1.97. The summed E-state index contributed by atoms with van der Waals surface area (Å²) in [5.74, 6) is -0.363. The van der Waals surface area contributed by atoms with Crippen molar-refractivity contribution in [3.63, 3.8) is 0 Å². The van der Waals surface area contributed by atoms with Crippen LogP contribution < -0.4 is 5.76 Å². The zero-order chi connectivity index (χ0) is 10.8. The van der Waals surface area contributed by atoms with E-state index in [-0.39, 0.29) is 5.76 Å². The van der Waals surface area contributed by atoms with Gasteiger partial charge in [0, 0.05) is 13.5 Å². The van der Waals surface area contributed by atoms with Crippen molar-refractivity contribution >= 4 is 17.4 Å². The molecule has 1 heterocycles. The molecule has 0 radical (unpaired) electrons. The van der Waals surface area contributed by atoms with Crippen LogP contribution in [0.5, 0.6) is 0 Å². The molecular weight excluding hydrogens is 194 g/mol. The van der Waals surface area contributed by atoms with E-state index in [2.05, 4.69) is 0 Å². The van der Waals surface area contributed by atoms with E-state index in [9.17, 15) is 9.59 Å². The minimum Gasteiger partial charge on any atom is -0.408 e. The molecule has 0 amide bonds. The number of benzene rings is 1. The fourth-order valence-corrected chi connectivity index (χ4v) is 1.56. The van der Waals surface area contributed by atoms with Crippen molar-refractivity contribution in [3.05, 3.63) is 34.3 Å². The first-order valence-corrected chi connectivity index (χ1v) is 4.74. The maximum absolute atomic E-state index is 11.2. The van der Waals surface area contributed by atoms with Crippen molar-refractivity contribution in [1.29, 1.82) is 0 Å². The van der Waals surface area contributed by atoms with Crippen LogP contribution in [-0.2, 0) is 18.3 Å². The third-order valence-corrected chi connectivity index (χ3v) is 2.41. The predicted molar refractivity (Wildman–Crippen MR) is 55.8 cm³/mol. The average molecular weight is 205 g/mol. The van der Waals surface area contributed by atoms with Gasteiger partial charge < -0.3 is 9.21 Å². The van der Waals surface area contributed by atoms with Crippen LogP contribution in [0.1, 0.15) is 12.0 Å².